The molecule has 5 nitrogen and oxygen atoms in total. The molecule has 0 fully saturated rings. The van der Waals surface area contributed by atoms with E-state index in [9.17, 15) is 4.39 Å². The minimum Gasteiger partial charge on any atom is -0.268 e. The predicted octanol–water partition coefficient (Wildman–Crippen LogP) is 3.00. The molecule has 0 atom stereocenters. The van der Waals surface area contributed by atoms with E-state index in [0.29, 0.717) is 22.8 Å². The average Bonchev–Trinajstić information content (AvgIpc) is 3.05. The molecule has 1 aromatic carbocycles. The molecule has 3 heterocycles. The lowest BCUT2D eigenvalue weighted by Gasteiger charge is -2.04. The fourth-order valence-electron chi connectivity index (χ4n) is 2.57. The molecule has 0 aliphatic carbocycles. The first-order valence-corrected chi connectivity index (χ1v) is 7.09. The van der Waals surface area contributed by atoms with Gasteiger partial charge in [-0.1, -0.05) is 11.6 Å². The summed E-state index contributed by atoms with van der Waals surface area (Å²) >= 11 is 5.92. The van der Waals surface area contributed by atoms with Crippen molar-refractivity contribution in [1.82, 2.24) is 24.4 Å². The van der Waals surface area contributed by atoms with E-state index in [1.54, 1.807) is 40.8 Å². The minimum absolute atomic E-state index is 0.270. The van der Waals surface area contributed by atoms with Gasteiger partial charge in [0.15, 0.2) is 5.65 Å². The number of imidazole rings is 1. The van der Waals surface area contributed by atoms with Gasteiger partial charge in [-0.25, -0.2) is 13.9 Å². The van der Waals surface area contributed by atoms with Crippen LogP contribution in [0.1, 0.15) is 11.3 Å². The third-order valence-electron chi connectivity index (χ3n) is 3.69. The molecule has 22 heavy (non-hydrogen) atoms. The number of hydrogen-bond acceptors (Lipinski definition) is 3. The molecule has 0 aliphatic heterocycles. The number of nitrogens with zero attached hydrogens (tertiary/aromatic N) is 5. The maximum atomic E-state index is 14.3. The van der Waals surface area contributed by atoms with Crippen LogP contribution in [0.15, 0.2) is 36.7 Å². The van der Waals surface area contributed by atoms with E-state index in [0.717, 1.165) is 16.6 Å². The van der Waals surface area contributed by atoms with Crippen molar-refractivity contribution in [3.63, 3.8) is 0 Å². The maximum absolute atomic E-state index is 14.3. The monoisotopic (exact) mass is 315 g/mol. The van der Waals surface area contributed by atoms with Crippen LogP contribution in [0.2, 0.25) is 5.15 Å². The summed E-state index contributed by atoms with van der Waals surface area (Å²) in [6, 6.07) is 6.76. The largest absolute Gasteiger partial charge is 0.268 e. The van der Waals surface area contributed by atoms with E-state index in [4.69, 9.17) is 11.6 Å². The molecule has 0 aliphatic rings. The van der Waals surface area contributed by atoms with Gasteiger partial charge in [0.2, 0.25) is 0 Å². The number of fused-ring (bicyclic) bond motifs is 2. The third-order valence-corrected chi connectivity index (χ3v) is 3.89. The summed E-state index contributed by atoms with van der Waals surface area (Å²) in [5.74, 6) is -0.270. The molecule has 110 valence electrons. The average molecular weight is 316 g/mol. The third kappa shape index (κ3) is 2.03. The molecule has 7 heteroatoms. The van der Waals surface area contributed by atoms with Crippen molar-refractivity contribution >= 4 is 28.2 Å². The van der Waals surface area contributed by atoms with Crippen LogP contribution in [0.3, 0.4) is 0 Å². The Kier molecular flexibility index (Phi) is 2.87. The fraction of sp³-hybridized carbons (Fsp3) is 0.133. The van der Waals surface area contributed by atoms with Crippen molar-refractivity contribution < 1.29 is 4.39 Å². The van der Waals surface area contributed by atoms with Crippen LogP contribution in [0.4, 0.5) is 4.39 Å². The highest BCUT2D eigenvalue weighted by molar-refractivity contribution is 6.29. The Balaban J connectivity index is 1.81. The molecule has 4 rings (SSSR count). The fourth-order valence-corrected chi connectivity index (χ4v) is 2.71. The molecule has 0 amide bonds. The van der Waals surface area contributed by atoms with Crippen LogP contribution >= 0.6 is 11.6 Å². The van der Waals surface area contributed by atoms with Crippen molar-refractivity contribution in [3.05, 3.63) is 58.9 Å². The highest BCUT2D eigenvalue weighted by Crippen LogP contribution is 2.21. The van der Waals surface area contributed by atoms with E-state index in [2.05, 4.69) is 15.2 Å². The van der Waals surface area contributed by atoms with Crippen molar-refractivity contribution in [3.8, 4) is 0 Å². The Bertz CT molecular complexity index is 1000. The molecule has 0 saturated carbocycles. The molecular weight excluding hydrogens is 305 g/mol. The van der Waals surface area contributed by atoms with Crippen LogP contribution in [0.25, 0.3) is 16.6 Å². The summed E-state index contributed by atoms with van der Waals surface area (Å²) in [4.78, 5) is 4.25. The summed E-state index contributed by atoms with van der Waals surface area (Å²) in [5, 5.41) is 9.62. The summed E-state index contributed by atoms with van der Waals surface area (Å²) < 4.78 is 17.6. The number of aryl methyl sites for hydroxylation is 1. The first-order valence-electron chi connectivity index (χ1n) is 6.71. The Morgan fingerprint density at radius 2 is 2.09 bits per heavy atom. The van der Waals surface area contributed by atoms with Gasteiger partial charge in [-0.3, -0.25) is 4.68 Å². The van der Waals surface area contributed by atoms with Crippen molar-refractivity contribution in [1.29, 1.82) is 0 Å². The molecule has 0 bridgehead atoms. The summed E-state index contributed by atoms with van der Waals surface area (Å²) in [7, 11) is 1.79. The number of benzene rings is 1. The predicted molar refractivity (Wildman–Crippen MR) is 81.5 cm³/mol. The summed E-state index contributed by atoms with van der Waals surface area (Å²) in [5.41, 5.74) is 2.80. The Hall–Kier alpha value is -2.47. The van der Waals surface area contributed by atoms with E-state index in [-0.39, 0.29) is 5.82 Å². The lowest BCUT2D eigenvalue weighted by Crippen LogP contribution is -2.00. The van der Waals surface area contributed by atoms with Crippen LogP contribution < -0.4 is 0 Å². The van der Waals surface area contributed by atoms with Crippen LogP contribution in [-0.2, 0) is 13.5 Å². The van der Waals surface area contributed by atoms with Crippen molar-refractivity contribution in [2.24, 2.45) is 7.05 Å². The van der Waals surface area contributed by atoms with Gasteiger partial charge in [0.1, 0.15) is 11.0 Å². The molecule has 0 unspecified atom stereocenters. The molecule has 0 spiro atoms. The number of rotatable bonds is 2. The van der Waals surface area contributed by atoms with E-state index in [1.165, 1.54) is 6.07 Å². The van der Waals surface area contributed by atoms with Crippen molar-refractivity contribution in [2.45, 2.75) is 6.42 Å². The maximum Gasteiger partial charge on any atom is 0.153 e. The number of aromatic nitrogens is 5. The second kappa shape index (κ2) is 4.78. The Morgan fingerprint density at radius 1 is 1.23 bits per heavy atom. The smallest absolute Gasteiger partial charge is 0.153 e. The normalized spacial score (nSPS) is 11.6. The van der Waals surface area contributed by atoms with Crippen molar-refractivity contribution in [2.75, 3.05) is 0 Å². The second-order valence-corrected chi connectivity index (χ2v) is 5.51. The zero-order valence-corrected chi connectivity index (χ0v) is 12.4. The first kappa shape index (κ1) is 13.2. The standard InChI is InChI=1S/C15H11ClFN5/c1-21-13-6-12(17)9(4-10(13)7-19-21)5-11-8-18-15-3-2-14(16)20-22(11)15/h2-4,6-8H,5H2,1H3. The zero-order chi connectivity index (χ0) is 15.3. The van der Waals surface area contributed by atoms with Gasteiger partial charge >= 0.3 is 0 Å². The second-order valence-electron chi connectivity index (χ2n) is 5.12. The topological polar surface area (TPSA) is 48.0 Å². The number of halogens is 2. The summed E-state index contributed by atoms with van der Waals surface area (Å²) in [6.45, 7) is 0. The minimum atomic E-state index is -0.270. The van der Waals surface area contributed by atoms with Gasteiger partial charge in [-0.15, -0.1) is 0 Å². The highest BCUT2D eigenvalue weighted by atomic mass is 35.5. The van der Waals surface area contributed by atoms with Gasteiger partial charge in [-0.2, -0.15) is 10.2 Å². The molecule has 0 N–H and O–H groups in total. The summed E-state index contributed by atoms with van der Waals surface area (Å²) in [6.07, 6.45) is 3.79. The van der Waals surface area contributed by atoms with Gasteiger partial charge in [0.05, 0.1) is 23.6 Å². The molecular formula is C15H11ClFN5. The van der Waals surface area contributed by atoms with Crippen LogP contribution in [0.5, 0.6) is 0 Å². The Morgan fingerprint density at radius 3 is 2.95 bits per heavy atom. The molecule has 3 aromatic heterocycles. The van der Waals surface area contributed by atoms with E-state index in [1.807, 2.05) is 6.07 Å². The highest BCUT2D eigenvalue weighted by Gasteiger charge is 2.12. The molecule has 0 radical (unpaired) electrons. The lowest BCUT2D eigenvalue weighted by molar-refractivity contribution is 0.613. The van der Waals surface area contributed by atoms with E-state index >= 15 is 0 Å². The first-order chi connectivity index (χ1) is 10.6. The quantitative estimate of drug-likeness (QED) is 0.571. The molecule has 4 aromatic rings. The van der Waals surface area contributed by atoms with Gasteiger partial charge in [0, 0.05) is 24.9 Å². The lowest BCUT2D eigenvalue weighted by atomic mass is 10.1. The SMILES string of the molecule is Cn1ncc2cc(Cc3cnc4ccc(Cl)nn34)c(F)cc21. The Labute approximate surface area is 130 Å². The van der Waals surface area contributed by atoms with Crippen LogP contribution in [0, 0.1) is 5.82 Å². The van der Waals surface area contributed by atoms with Gasteiger partial charge in [0.25, 0.3) is 0 Å². The van der Waals surface area contributed by atoms with Gasteiger partial charge < -0.3 is 0 Å². The van der Waals surface area contributed by atoms with E-state index < -0.39 is 0 Å². The number of hydrogen-bond donors (Lipinski definition) is 0. The van der Waals surface area contributed by atoms with Crippen LogP contribution in [-0.4, -0.2) is 24.4 Å². The van der Waals surface area contributed by atoms with Gasteiger partial charge in [-0.05, 0) is 23.8 Å². The molecule has 0 saturated heterocycles. The zero-order valence-electron chi connectivity index (χ0n) is 11.7.